The van der Waals surface area contributed by atoms with Gasteiger partial charge in [0.15, 0.2) is 0 Å². The largest absolute Gasteiger partial charge is 0.355 e. The molecule has 0 atom stereocenters. The molecule has 5 rings (SSSR count). The monoisotopic (exact) mass is 429 g/mol. The van der Waals surface area contributed by atoms with Crippen molar-refractivity contribution in [1.82, 2.24) is 4.98 Å². The van der Waals surface area contributed by atoms with Gasteiger partial charge < -0.3 is 5.32 Å². The maximum Gasteiger partial charge on any atom is 0.131 e. The third-order valence-electron chi connectivity index (χ3n) is 5.64. The lowest BCUT2D eigenvalue weighted by atomic mass is 9.98. The fraction of sp³-hybridized carbons (Fsp3) is 0.0345. The Hall–Kier alpha value is -4.49. The Bertz CT molecular complexity index is 1470. The third-order valence-corrected chi connectivity index (χ3v) is 5.64. The van der Waals surface area contributed by atoms with Gasteiger partial charge in [-0.25, -0.2) is 4.39 Å². The van der Waals surface area contributed by atoms with E-state index in [1.165, 1.54) is 0 Å². The van der Waals surface area contributed by atoms with Gasteiger partial charge in [0.25, 0.3) is 0 Å². The molecule has 1 N–H and O–H groups in total. The second-order valence-electron chi connectivity index (χ2n) is 7.81. The molecule has 3 nitrogen and oxygen atoms in total. The highest BCUT2D eigenvalue weighted by Gasteiger charge is 2.10. The van der Waals surface area contributed by atoms with E-state index in [0.29, 0.717) is 12.0 Å². The molecule has 4 aromatic carbocycles. The molecule has 1 aromatic heterocycles. The van der Waals surface area contributed by atoms with E-state index in [0.717, 1.165) is 44.5 Å². The van der Waals surface area contributed by atoms with E-state index in [1.54, 1.807) is 12.3 Å². The van der Waals surface area contributed by atoms with Crippen LogP contribution in [-0.4, -0.2) is 4.98 Å². The molecule has 0 amide bonds. The van der Waals surface area contributed by atoms with E-state index >= 15 is 4.39 Å². The van der Waals surface area contributed by atoms with E-state index in [-0.39, 0.29) is 5.82 Å². The molecule has 1 heterocycles. The van der Waals surface area contributed by atoms with Gasteiger partial charge in [-0.2, -0.15) is 5.26 Å². The zero-order valence-electron chi connectivity index (χ0n) is 17.8. The van der Waals surface area contributed by atoms with Crippen LogP contribution in [0.3, 0.4) is 0 Å². The zero-order valence-corrected chi connectivity index (χ0v) is 17.8. The second kappa shape index (κ2) is 8.94. The average Bonchev–Trinajstić information content (AvgIpc) is 2.86. The van der Waals surface area contributed by atoms with Crippen LogP contribution in [0.25, 0.3) is 33.2 Å². The first-order valence-electron chi connectivity index (χ1n) is 10.7. The fourth-order valence-corrected chi connectivity index (χ4v) is 3.93. The molecule has 0 aliphatic carbocycles. The Morgan fingerprint density at radius 1 is 0.788 bits per heavy atom. The zero-order chi connectivity index (χ0) is 22.6. The van der Waals surface area contributed by atoms with Crippen molar-refractivity contribution >= 4 is 22.3 Å². The van der Waals surface area contributed by atoms with Gasteiger partial charge >= 0.3 is 0 Å². The standard InChI is InChI=1S/C29H20FN3/c30-27-19-22(21-4-2-1-3-5-21)8-12-25(27)23-9-13-28-26(18-23)29(15-17-32-28)33-24-10-6-20(7-11-24)14-16-31/h1-13,15,17-19H,14H2,(H,32,33). The van der Waals surface area contributed by atoms with Crippen molar-refractivity contribution in [3.8, 4) is 28.3 Å². The van der Waals surface area contributed by atoms with Gasteiger partial charge in [0.1, 0.15) is 5.82 Å². The van der Waals surface area contributed by atoms with Gasteiger partial charge in [-0.3, -0.25) is 4.98 Å². The van der Waals surface area contributed by atoms with Gasteiger partial charge in [-0.1, -0.05) is 60.7 Å². The summed E-state index contributed by atoms with van der Waals surface area (Å²) in [6.07, 6.45) is 2.14. The van der Waals surface area contributed by atoms with E-state index in [1.807, 2.05) is 91.0 Å². The quantitative estimate of drug-likeness (QED) is 0.314. The summed E-state index contributed by atoms with van der Waals surface area (Å²) >= 11 is 0. The number of fused-ring (bicyclic) bond motifs is 1. The first-order valence-corrected chi connectivity index (χ1v) is 10.7. The maximum atomic E-state index is 15.1. The van der Waals surface area contributed by atoms with Crippen LogP contribution in [0.5, 0.6) is 0 Å². The molecule has 33 heavy (non-hydrogen) atoms. The van der Waals surface area contributed by atoms with E-state index in [2.05, 4.69) is 16.4 Å². The second-order valence-corrected chi connectivity index (χ2v) is 7.81. The Kier molecular flexibility index (Phi) is 5.53. The van der Waals surface area contributed by atoms with E-state index in [4.69, 9.17) is 5.26 Å². The number of nitriles is 1. The highest BCUT2D eigenvalue weighted by atomic mass is 19.1. The molecule has 0 aliphatic heterocycles. The summed E-state index contributed by atoms with van der Waals surface area (Å²) in [7, 11) is 0. The van der Waals surface area contributed by atoms with Gasteiger partial charge in [-0.05, 0) is 58.7 Å². The van der Waals surface area contributed by atoms with Crippen molar-refractivity contribution < 1.29 is 4.39 Å². The molecule has 0 saturated carbocycles. The third kappa shape index (κ3) is 4.30. The number of rotatable bonds is 5. The number of nitrogens with zero attached hydrogens (tertiary/aromatic N) is 2. The summed E-state index contributed by atoms with van der Waals surface area (Å²) in [6.45, 7) is 0. The van der Waals surface area contributed by atoms with Crippen molar-refractivity contribution in [3.63, 3.8) is 0 Å². The van der Waals surface area contributed by atoms with E-state index < -0.39 is 0 Å². The molecule has 158 valence electrons. The van der Waals surface area contributed by atoms with Crippen LogP contribution in [0.2, 0.25) is 0 Å². The van der Waals surface area contributed by atoms with Crippen molar-refractivity contribution in [2.75, 3.05) is 5.32 Å². The van der Waals surface area contributed by atoms with Crippen molar-refractivity contribution in [2.45, 2.75) is 6.42 Å². The summed E-state index contributed by atoms with van der Waals surface area (Å²) in [5.41, 5.74) is 6.77. The average molecular weight is 429 g/mol. The van der Waals surface area contributed by atoms with Crippen LogP contribution in [-0.2, 0) is 6.42 Å². The lowest BCUT2D eigenvalue weighted by Crippen LogP contribution is -1.94. The van der Waals surface area contributed by atoms with Crippen LogP contribution in [0.1, 0.15) is 5.56 Å². The van der Waals surface area contributed by atoms with E-state index in [9.17, 15) is 0 Å². The predicted octanol–water partition coefficient (Wildman–Crippen LogP) is 7.52. The number of halogens is 1. The minimum absolute atomic E-state index is 0.262. The molecule has 0 fully saturated rings. The van der Waals surface area contributed by atoms with Crippen LogP contribution >= 0.6 is 0 Å². The summed E-state index contributed by atoms with van der Waals surface area (Å²) in [6, 6.07) is 32.8. The molecule has 5 aromatic rings. The van der Waals surface area contributed by atoms with Crippen LogP contribution in [0.15, 0.2) is 103 Å². The van der Waals surface area contributed by atoms with Crippen LogP contribution < -0.4 is 5.32 Å². The molecule has 4 heteroatoms. The Balaban J connectivity index is 1.50. The molecular weight excluding hydrogens is 409 g/mol. The normalized spacial score (nSPS) is 10.7. The van der Waals surface area contributed by atoms with Gasteiger partial charge in [0.05, 0.1) is 18.0 Å². The van der Waals surface area contributed by atoms with Crippen molar-refractivity contribution in [3.05, 3.63) is 115 Å². The highest BCUT2D eigenvalue weighted by Crippen LogP contribution is 2.32. The fourth-order valence-electron chi connectivity index (χ4n) is 3.93. The lowest BCUT2D eigenvalue weighted by Gasteiger charge is -2.12. The molecule has 0 radical (unpaired) electrons. The predicted molar refractivity (Wildman–Crippen MR) is 132 cm³/mol. The topological polar surface area (TPSA) is 48.7 Å². The molecule has 0 aliphatic rings. The van der Waals surface area contributed by atoms with Crippen LogP contribution in [0.4, 0.5) is 15.8 Å². The Morgan fingerprint density at radius 3 is 2.33 bits per heavy atom. The lowest BCUT2D eigenvalue weighted by molar-refractivity contribution is 0.632. The Morgan fingerprint density at radius 2 is 1.58 bits per heavy atom. The number of hydrogen-bond acceptors (Lipinski definition) is 3. The minimum Gasteiger partial charge on any atom is -0.355 e. The molecule has 0 bridgehead atoms. The summed E-state index contributed by atoms with van der Waals surface area (Å²) < 4.78 is 15.1. The Labute approximate surface area is 191 Å². The van der Waals surface area contributed by atoms with Gasteiger partial charge in [0.2, 0.25) is 0 Å². The SMILES string of the molecule is N#CCc1ccc(Nc2ccnc3ccc(-c4ccc(-c5ccccc5)cc4F)cc23)cc1. The maximum absolute atomic E-state index is 15.1. The summed E-state index contributed by atoms with van der Waals surface area (Å²) in [5, 5.41) is 13.2. The number of benzene rings is 4. The molecule has 0 saturated heterocycles. The molecular formula is C29H20FN3. The first-order chi connectivity index (χ1) is 16.2. The van der Waals surface area contributed by atoms with Crippen LogP contribution in [0, 0.1) is 17.1 Å². The molecule has 0 spiro atoms. The highest BCUT2D eigenvalue weighted by molar-refractivity contribution is 5.95. The van der Waals surface area contributed by atoms with Crippen molar-refractivity contribution in [1.29, 1.82) is 5.26 Å². The summed E-state index contributed by atoms with van der Waals surface area (Å²) in [5.74, 6) is -0.262. The van der Waals surface area contributed by atoms with Gasteiger partial charge in [-0.15, -0.1) is 0 Å². The number of aromatic nitrogens is 1. The van der Waals surface area contributed by atoms with Gasteiger partial charge in [0, 0.05) is 28.5 Å². The minimum atomic E-state index is -0.262. The smallest absolute Gasteiger partial charge is 0.131 e. The number of pyridine rings is 1. The first kappa shape index (κ1) is 20.4. The molecule has 0 unspecified atom stereocenters. The number of nitrogens with one attached hydrogen (secondary N) is 1. The summed E-state index contributed by atoms with van der Waals surface area (Å²) in [4.78, 5) is 4.46. The number of anilines is 2. The number of hydrogen-bond donors (Lipinski definition) is 1. The van der Waals surface area contributed by atoms with Crippen molar-refractivity contribution in [2.24, 2.45) is 0 Å².